The Kier molecular flexibility index (Phi) is 5.39. The number of ether oxygens (including phenoxy) is 2. The summed E-state index contributed by atoms with van der Waals surface area (Å²) in [6, 6.07) is 17.4. The lowest BCUT2D eigenvalue weighted by atomic mass is 10.0. The van der Waals surface area contributed by atoms with Crippen molar-refractivity contribution in [1.29, 1.82) is 0 Å². The van der Waals surface area contributed by atoms with Crippen LogP contribution in [0.2, 0.25) is 5.02 Å². The van der Waals surface area contributed by atoms with Gasteiger partial charge >= 0.3 is 5.97 Å². The first-order valence-corrected chi connectivity index (χ1v) is 11.0. The van der Waals surface area contributed by atoms with Gasteiger partial charge in [-0.3, -0.25) is 0 Å². The summed E-state index contributed by atoms with van der Waals surface area (Å²) in [7, 11) is 1.39. The van der Waals surface area contributed by atoms with E-state index in [4.69, 9.17) is 21.1 Å². The first-order valence-electron chi connectivity index (χ1n) is 10.7. The Morgan fingerprint density at radius 2 is 2.03 bits per heavy atom. The monoisotopic (exact) mass is 449 g/mol. The summed E-state index contributed by atoms with van der Waals surface area (Å²) in [5.41, 5.74) is 3.58. The molecular weight excluding hydrogens is 426 g/mol. The average molecular weight is 450 g/mol. The molecule has 1 N–H and O–H groups in total. The molecule has 164 valence electrons. The maximum absolute atomic E-state index is 11.8. The molecule has 1 aromatic heterocycles. The van der Waals surface area contributed by atoms with E-state index >= 15 is 0 Å². The molecule has 2 aromatic carbocycles. The van der Waals surface area contributed by atoms with Gasteiger partial charge in [0.05, 0.1) is 24.8 Å². The zero-order valence-electron chi connectivity index (χ0n) is 17.8. The van der Waals surface area contributed by atoms with E-state index in [2.05, 4.69) is 21.3 Å². The highest BCUT2D eigenvalue weighted by molar-refractivity contribution is 6.30. The van der Waals surface area contributed by atoms with Crippen molar-refractivity contribution in [3.05, 3.63) is 82.5 Å². The van der Waals surface area contributed by atoms with Crippen LogP contribution in [0.3, 0.4) is 0 Å². The molecule has 32 heavy (non-hydrogen) atoms. The number of rotatable bonds is 6. The van der Waals surface area contributed by atoms with E-state index in [0.29, 0.717) is 12.2 Å². The quantitative estimate of drug-likeness (QED) is 0.533. The lowest BCUT2D eigenvalue weighted by Gasteiger charge is -2.33. The number of halogens is 1. The molecule has 5 rings (SSSR count). The fourth-order valence-electron chi connectivity index (χ4n) is 4.22. The van der Waals surface area contributed by atoms with Crippen molar-refractivity contribution in [2.45, 2.75) is 24.9 Å². The molecule has 2 heterocycles. The minimum absolute atomic E-state index is 0.198. The molecule has 0 spiro atoms. The summed E-state index contributed by atoms with van der Waals surface area (Å²) < 4.78 is 10.8. The van der Waals surface area contributed by atoms with Crippen molar-refractivity contribution >= 4 is 29.1 Å². The van der Waals surface area contributed by atoms with Gasteiger partial charge in [-0.2, -0.15) is 0 Å². The van der Waals surface area contributed by atoms with Crippen LogP contribution < -0.4 is 15.0 Å². The van der Waals surface area contributed by atoms with Crippen LogP contribution in [0.15, 0.2) is 60.8 Å². The van der Waals surface area contributed by atoms with Crippen molar-refractivity contribution in [3.8, 4) is 5.75 Å². The number of esters is 1. The van der Waals surface area contributed by atoms with Crippen LogP contribution in [0.1, 0.15) is 34.3 Å². The van der Waals surface area contributed by atoms with Crippen LogP contribution >= 0.6 is 11.6 Å². The number of anilines is 2. The highest BCUT2D eigenvalue weighted by Crippen LogP contribution is 2.50. The zero-order valence-corrected chi connectivity index (χ0v) is 18.6. The van der Waals surface area contributed by atoms with E-state index in [9.17, 15) is 4.79 Å². The van der Waals surface area contributed by atoms with Gasteiger partial charge in [0.1, 0.15) is 18.0 Å². The van der Waals surface area contributed by atoms with Gasteiger partial charge in [-0.05, 0) is 48.2 Å². The Morgan fingerprint density at radius 3 is 2.75 bits per heavy atom. The molecule has 0 saturated heterocycles. The Hall–Kier alpha value is -3.25. The highest BCUT2D eigenvalue weighted by Gasteiger charge is 2.45. The topological polar surface area (TPSA) is 63.7 Å². The molecule has 7 heteroatoms. The van der Waals surface area contributed by atoms with E-state index in [-0.39, 0.29) is 11.5 Å². The van der Waals surface area contributed by atoms with Crippen LogP contribution in [0.5, 0.6) is 5.75 Å². The number of nitrogens with one attached hydrogen (secondary N) is 1. The van der Waals surface area contributed by atoms with Gasteiger partial charge in [-0.15, -0.1) is 0 Å². The van der Waals surface area contributed by atoms with Crippen LogP contribution in [0.4, 0.5) is 11.5 Å². The molecule has 0 unspecified atom stereocenters. The number of carbonyl (C=O) groups excluding carboxylic acids is 1. The standard InChI is InChI=1S/C25H24ClN3O3/c1-31-24(30)18-5-7-19(8-6-18)25(10-11-25)28-23-22-21(9-12-27-23)32-14-13-29(22)16-17-3-2-4-20(26)15-17/h2-9,12,15H,10-11,13-14,16H2,1H3,(H,27,28). The minimum atomic E-state index is -0.332. The van der Waals surface area contributed by atoms with Crippen molar-refractivity contribution in [1.82, 2.24) is 4.98 Å². The molecular formula is C25H24ClN3O3. The van der Waals surface area contributed by atoms with Crippen molar-refractivity contribution < 1.29 is 14.3 Å². The third-order valence-corrected chi connectivity index (χ3v) is 6.29. The number of pyridine rings is 1. The number of methoxy groups -OCH3 is 1. The predicted molar refractivity (Wildman–Crippen MR) is 125 cm³/mol. The first kappa shape index (κ1) is 20.6. The number of carbonyl (C=O) groups is 1. The van der Waals surface area contributed by atoms with E-state index in [1.807, 2.05) is 48.5 Å². The van der Waals surface area contributed by atoms with Crippen molar-refractivity contribution in [2.24, 2.45) is 0 Å². The lowest BCUT2D eigenvalue weighted by Crippen LogP contribution is -2.34. The maximum atomic E-state index is 11.8. The predicted octanol–water partition coefficient (Wildman–Crippen LogP) is 5.02. The molecule has 1 aliphatic heterocycles. The smallest absolute Gasteiger partial charge is 0.337 e. The molecule has 1 saturated carbocycles. The largest absolute Gasteiger partial charge is 0.489 e. The van der Waals surface area contributed by atoms with Gasteiger partial charge in [-0.25, -0.2) is 9.78 Å². The third kappa shape index (κ3) is 3.98. The Morgan fingerprint density at radius 1 is 1.22 bits per heavy atom. The minimum Gasteiger partial charge on any atom is -0.489 e. The van der Waals surface area contributed by atoms with Crippen molar-refractivity contribution in [3.63, 3.8) is 0 Å². The normalized spacial score (nSPS) is 16.0. The SMILES string of the molecule is COC(=O)c1ccc(C2(Nc3nccc4c3N(Cc3cccc(Cl)c3)CCO4)CC2)cc1. The summed E-state index contributed by atoms with van der Waals surface area (Å²) in [6.45, 7) is 2.11. The fraction of sp³-hybridized carbons (Fsp3) is 0.280. The summed E-state index contributed by atoms with van der Waals surface area (Å²) in [5, 5.41) is 4.42. The summed E-state index contributed by atoms with van der Waals surface area (Å²) in [6.07, 6.45) is 3.76. The van der Waals surface area contributed by atoms with Crippen LogP contribution in [-0.4, -0.2) is 31.2 Å². The second-order valence-corrected chi connectivity index (χ2v) is 8.62. The van der Waals surface area contributed by atoms with Crippen molar-refractivity contribution in [2.75, 3.05) is 30.5 Å². The van der Waals surface area contributed by atoms with Gasteiger partial charge in [0.2, 0.25) is 0 Å². The second-order valence-electron chi connectivity index (χ2n) is 8.18. The molecule has 0 atom stereocenters. The Balaban J connectivity index is 1.43. The molecule has 3 aromatic rings. The Labute approximate surface area is 192 Å². The third-order valence-electron chi connectivity index (χ3n) is 6.05. The molecule has 0 radical (unpaired) electrons. The lowest BCUT2D eigenvalue weighted by molar-refractivity contribution is 0.0600. The van der Waals surface area contributed by atoms with Crippen LogP contribution in [0.25, 0.3) is 0 Å². The average Bonchev–Trinajstić information content (AvgIpc) is 3.59. The molecule has 0 bridgehead atoms. The highest BCUT2D eigenvalue weighted by atomic mass is 35.5. The van der Waals surface area contributed by atoms with Gasteiger partial charge in [-0.1, -0.05) is 35.9 Å². The van der Waals surface area contributed by atoms with Gasteiger partial charge in [0.25, 0.3) is 0 Å². The number of hydrogen-bond donors (Lipinski definition) is 1. The summed E-state index contributed by atoms with van der Waals surface area (Å²) in [5.74, 6) is 1.30. The summed E-state index contributed by atoms with van der Waals surface area (Å²) in [4.78, 5) is 18.7. The molecule has 1 aliphatic carbocycles. The maximum Gasteiger partial charge on any atom is 0.337 e. The van der Waals surface area contributed by atoms with E-state index in [1.54, 1.807) is 6.20 Å². The second kappa shape index (κ2) is 8.36. The first-order chi connectivity index (χ1) is 15.6. The number of benzene rings is 2. The summed E-state index contributed by atoms with van der Waals surface area (Å²) >= 11 is 6.20. The van der Waals surface area contributed by atoms with Crippen LogP contribution in [0, 0.1) is 0 Å². The number of nitrogens with zero attached hydrogens (tertiary/aromatic N) is 2. The Bertz CT molecular complexity index is 1150. The van der Waals surface area contributed by atoms with E-state index in [1.165, 1.54) is 7.11 Å². The number of hydrogen-bond acceptors (Lipinski definition) is 6. The van der Waals surface area contributed by atoms with Crippen LogP contribution in [-0.2, 0) is 16.8 Å². The van der Waals surface area contributed by atoms with Gasteiger partial charge in [0, 0.05) is 23.8 Å². The molecule has 0 amide bonds. The van der Waals surface area contributed by atoms with E-state index in [0.717, 1.165) is 59.3 Å². The number of aromatic nitrogens is 1. The number of fused-ring (bicyclic) bond motifs is 1. The fourth-order valence-corrected chi connectivity index (χ4v) is 4.43. The van der Waals surface area contributed by atoms with E-state index < -0.39 is 0 Å². The molecule has 2 aliphatic rings. The zero-order chi connectivity index (χ0) is 22.1. The van der Waals surface area contributed by atoms with Gasteiger partial charge in [0.15, 0.2) is 5.82 Å². The molecule has 1 fully saturated rings. The van der Waals surface area contributed by atoms with Gasteiger partial charge < -0.3 is 19.7 Å². The molecule has 6 nitrogen and oxygen atoms in total.